The molecule has 0 saturated heterocycles. The summed E-state index contributed by atoms with van der Waals surface area (Å²) < 4.78 is 31.3. The first-order chi connectivity index (χ1) is 8.19. The predicted octanol–water partition coefficient (Wildman–Crippen LogP) is 2.70. The van der Waals surface area contributed by atoms with Gasteiger partial charge in [0, 0.05) is 0 Å². The lowest BCUT2D eigenvalue weighted by Crippen LogP contribution is -2.50. The monoisotopic (exact) mass is 280 g/mol. The van der Waals surface area contributed by atoms with Crippen LogP contribution in [-0.2, 0) is 10.1 Å². The minimum absolute atomic E-state index is 0.0735. The van der Waals surface area contributed by atoms with Gasteiger partial charge < -0.3 is 4.48 Å². The van der Waals surface area contributed by atoms with Crippen LogP contribution in [0.1, 0.15) is 52.4 Å². The van der Waals surface area contributed by atoms with E-state index in [1.807, 2.05) is 21.0 Å². The Bertz CT molecular complexity index is 312. The Morgan fingerprint density at radius 3 is 2.06 bits per heavy atom. The van der Waals surface area contributed by atoms with Gasteiger partial charge in [0.15, 0.2) is 0 Å². The molecule has 0 aliphatic rings. The van der Waals surface area contributed by atoms with Crippen molar-refractivity contribution in [2.24, 2.45) is 0 Å². The van der Waals surface area contributed by atoms with Crippen molar-refractivity contribution in [2.75, 3.05) is 26.4 Å². The summed E-state index contributed by atoms with van der Waals surface area (Å²) in [5.74, 6) is -0.157. The second-order valence-corrected chi connectivity index (χ2v) is 7.36. The third kappa shape index (κ3) is 8.89. The SMILES string of the molecule is CCCCCCCC[N+](C)(C)C(C)CS(=O)(=O)O. The van der Waals surface area contributed by atoms with E-state index >= 15 is 0 Å². The van der Waals surface area contributed by atoms with Crippen molar-refractivity contribution in [3.63, 3.8) is 0 Å². The van der Waals surface area contributed by atoms with Crippen LogP contribution in [0.2, 0.25) is 0 Å². The summed E-state index contributed by atoms with van der Waals surface area (Å²) in [5, 5.41) is 0. The maximum atomic E-state index is 10.9. The molecule has 5 heteroatoms. The molecule has 0 amide bonds. The van der Waals surface area contributed by atoms with Crippen molar-refractivity contribution in [2.45, 2.75) is 58.4 Å². The fourth-order valence-electron chi connectivity index (χ4n) is 2.03. The van der Waals surface area contributed by atoms with Gasteiger partial charge in [-0.3, -0.25) is 4.55 Å². The highest BCUT2D eigenvalue weighted by Crippen LogP contribution is 2.13. The van der Waals surface area contributed by atoms with Gasteiger partial charge in [0.1, 0.15) is 11.8 Å². The van der Waals surface area contributed by atoms with Crippen molar-refractivity contribution < 1.29 is 17.5 Å². The average molecular weight is 280 g/mol. The lowest BCUT2D eigenvalue weighted by Gasteiger charge is -2.35. The zero-order chi connectivity index (χ0) is 14.2. The average Bonchev–Trinajstić information content (AvgIpc) is 2.20. The molecule has 0 aliphatic heterocycles. The molecular formula is C13H30NO3S+. The second kappa shape index (κ2) is 8.12. The standard InChI is InChI=1S/C13H29NO3S/c1-5-6-7-8-9-10-11-14(3,4)13(2)12-18(15,16)17/h13H,5-12H2,1-4H3/p+1. The smallest absolute Gasteiger partial charge is 0.270 e. The molecule has 4 nitrogen and oxygen atoms in total. The molecule has 0 spiro atoms. The number of quaternary nitrogens is 1. The Hall–Kier alpha value is -0.130. The van der Waals surface area contributed by atoms with Gasteiger partial charge >= 0.3 is 0 Å². The van der Waals surface area contributed by atoms with E-state index in [1.165, 1.54) is 32.1 Å². The zero-order valence-corrected chi connectivity index (χ0v) is 13.2. The Morgan fingerprint density at radius 2 is 1.56 bits per heavy atom. The van der Waals surface area contributed by atoms with Crippen LogP contribution >= 0.6 is 0 Å². The first-order valence-corrected chi connectivity index (χ1v) is 8.58. The van der Waals surface area contributed by atoms with Gasteiger partial charge in [-0.2, -0.15) is 8.42 Å². The second-order valence-electron chi connectivity index (χ2n) is 5.87. The van der Waals surface area contributed by atoms with Crippen LogP contribution in [0.15, 0.2) is 0 Å². The van der Waals surface area contributed by atoms with E-state index in [4.69, 9.17) is 4.55 Å². The number of unbranched alkanes of at least 4 members (excludes halogenated alkanes) is 5. The molecule has 0 radical (unpaired) electrons. The summed E-state index contributed by atoms with van der Waals surface area (Å²) in [4.78, 5) is 0. The minimum atomic E-state index is -3.86. The molecule has 1 unspecified atom stereocenters. The summed E-state index contributed by atoms with van der Waals surface area (Å²) in [6.45, 7) is 5.05. The fourth-order valence-corrected chi connectivity index (χ4v) is 3.04. The molecule has 0 aromatic rings. The van der Waals surface area contributed by atoms with Gasteiger partial charge in [-0.1, -0.05) is 32.6 Å². The molecule has 0 rings (SSSR count). The third-order valence-corrected chi connectivity index (χ3v) is 4.64. The van der Waals surface area contributed by atoms with Crippen molar-refractivity contribution >= 4 is 10.1 Å². The van der Waals surface area contributed by atoms with Crippen molar-refractivity contribution in [1.29, 1.82) is 0 Å². The maximum absolute atomic E-state index is 10.9. The van der Waals surface area contributed by atoms with Crippen LogP contribution in [-0.4, -0.2) is 49.9 Å². The summed E-state index contributed by atoms with van der Waals surface area (Å²) in [5.41, 5.74) is 0. The number of nitrogens with zero attached hydrogens (tertiary/aromatic N) is 1. The Labute approximate surface area is 113 Å². The molecule has 0 bridgehead atoms. The third-order valence-electron chi connectivity index (χ3n) is 3.73. The Kier molecular flexibility index (Phi) is 8.06. The number of hydrogen-bond acceptors (Lipinski definition) is 2. The molecule has 0 heterocycles. The van der Waals surface area contributed by atoms with Gasteiger partial charge in [0.25, 0.3) is 10.1 Å². The number of rotatable bonds is 10. The van der Waals surface area contributed by atoms with Crippen LogP contribution < -0.4 is 0 Å². The molecule has 0 saturated carbocycles. The van der Waals surface area contributed by atoms with Gasteiger partial charge in [-0.15, -0.1) is 0 Å². The highest BCUT2D eigenvalue weighted by molar-refractivity contribution is 7.85. The molecule has 0 fully saturated rings. The molecule has 0 aliphatic carbocycles. The largest absolute Gasteiger partial charge is 0.325 e. The van der Waals surface area contributed by atoms with E-state index in [0.29, 0.717) is 4.48 Å². The van der Waals surface area contributed by atoms with E-state index in [-0.39, 0.29) is 11.8 Å². The molecule has 1 atom stereocenters. The van der Waals surface area contributed by atoms with E-state index in [1.54, 1.807) is 0 Å². The molecular weight excluding hydrogens is 250 g/mol. The highest BCUT2D eigenvalue weighted by Gasteiger charge is 2.27. The molecule has 0 aromatic carbocycles. The summed E-state index contributed by atoms with van der Waals surface area (Å²) >= 11 is 0. The first kappa shape index (κ1) is 17.9. The van der Waals surface area contributed by atoms with Gasteiger partial charge in [0.2, 0.25) is 0 Å². The first-order valence-electron chi connectivity index (χ1n) is 6.97. The van der Waals surface area contributed by atoms with E-state index in [0.717, 1.165) is 13.0 Å². The van der Waals surface area contributed by atoms with Crippen molar-refractivity contribution in [1.82, 2.24) is 0 Å². The van der Waals surface area contributed by atoms with E-state index < -0.39 is 10.1 Å². The summed E-state index contributed by atoms with van der Waals surface area (Å²) in [7, 11) is 0.195. The predicted molar refractivity (Wildman–Crippen MR) is 76.2 cm³/mol. The van der Waals surface area contributed by atoms with Crippen molar-refractivity contribution in [3.8, 4) is 0 Å². The van der Waals surface area contributed by atoms with Crippen molar-refractivity contribution in [3.05, 3.63) is 0 Å². The Morgan fingerprint density at radius 1 is 1.06 bits per heavy atom. The van der Waals surface area contributed by atoms with Crippen LogP contribution in [0.25, 0.3) is 0 Å². The van der Waals surface area contributed by atoms with Crippen LogP contribution in [0.4, 0.5) is 0 Å². The maximum Gasteiger partial charge on any atom is 0.270 e. The quantitative estimate of drug-likeness (QED) is 0.380. The summed E-state index contributed by atoms with van der Waals surface area (Å²) in [6, 6.07) is -0.0735. The van der Waals surface area contributed by atoms with Crippen LogP contribution in [0.5, 0.6) is 0 Å². The lowest BCUT2D eigenvalue weighted by atomic mass is 10.1. The normalized spacial score (nSPS) is 14.7. The highest BCUT2D eigenvalue weighted by atomic mass is 32.2. The van der Waals surface area contributed by atoms with E-state index in [9.17, 15) is 8.42 Å². The topological polar surface area (TPSA) is 54.4 Å². The molecule has 0 aromatic heterocycles. The van der Waals surface area contributed by atoms with Gasteiger partial charge in [-0.25, -0.2) is 0 Å². The summed E-state index contributed by atoms with van der Waals surface area (Å²) in [6.07, 6.45) is 7.45. The van der Waals surface area contributed by atoms with E-state index in [2.05, 4.69) is 6.92 Å². The minimum Gasteiger partial charge on any atom is -0.325 e. The number of hydrogen-bond donors (Lipinski definition) is 1. The molecule has 110 valence electrons. The van der Waals surface area contributed by atoms with Crippen LogP contribution in [0.3, 0.4) is 0 Å². The molecule has 18 heavy (non-hydrogen) atoms. The Balaban J connectivity index is 3.92. The van der Waals surface area contributed by atoms with Gasteiger partial charge in [0.05, 0.1) is 20.6 Å². The van der Waals surface area contributed by atoms with Gasteiger partial charge in [-0.05, 0) is 19.8 Å². The fraction of sp³-hybridized carbons (Fsp3) is 1.00. The zero-order valence-electron chi connectivity index (χ0n) is 12.4. The van der Waals surface area contributed by atoms with Crippen LogP contribution in [0, 0.1) is 0 Å². The lowest BCUT2D eigenvalue weighted by molar-refractivity contribution is -0.910. The molecule has 1 N–H and O–H groups in total.